The van der Waals surface area contributed by atoms with Gasteiger partial charge >= 0.3 is 0 Å². The molecule has 0 aliphatic heterocycles. The van der Waals surface area contributed by atoms with Crippen LogP contribution in [0.3, 0.4) is 0 Å². The number of hydrogen-bond acceptors (Lipinski definition) is 4. The average Bonchev–Trinajstić information content (AvgIpc) is 2.09. The molecule has 2 amide bonds. The zero-order chi connectivity index (χ0) is 11.0. The van der Waals surface area contributed by atoms with E-state index in [0.717, 1.165) is 4.90 Å². The fourth-order valence-corrected chi connectivity index (χ4v) is 0.724. The van der Waals surface area contributed by atoms with Crippen LogP contribution in [0.5, 0.6) is 0 Å². The van der Waals surface area contributed by atoms with Crippen LogP contribution in [0.15, 0.2) is 0 Å². The van der Waals surface area contributed by atoms with Crippen LogP contribution in [0.2, 0.25) is 0 Å². The first-order valence-corrected chi connectivity index (χ1v) is 4.46. The van der Waals surface area contributed by atoms with Crippen LogP contribution < -0.4 is 0 Å². The minimum atomic E-state index is -0.741. The summed E-state index contributed by atoms with van der Waals surface area (Å²) in [5.74, 6) is 0. The molecular formula is C9H17NO4. The molecule has 0 aromatic rings. The minimum absolute atomic E-state index is 0.249. The van der Waals surface area contributed by atoms with Crippen molar-refractivity contribution in [1.82, 2.24) is 4.90 Å². The number of carbonyl (C=O) groups is 2. The monoisotopic (exact) mass is 203 g/mol. The third kappa shape index (κ3) is 7.70. The topological polar surface area (TPSA) is 66.8 Å². The molecule has 0 spiro atoms. The largest absolute Gasteiger partial charge is 0.390 e. The quantitative estimate of drug-likeness (QED) is 0.437. The summed E-state index contributed by atoms with van der Waals surface area (Å²) in [7, 11) is 0. The number of ether oxygens (including phenoxy) is 1. The predicted molar refractivity (Wildman–Crippen MR) is 50.6 cm³/mol. The first kappa shape index (κ1) is 13.1. The van der Waals surface area contributed by atoms with Gasteiger partial charge in [0.2, 0.25) is 12.8 Å². The van der Waals surface area contributed by atoms with Crippen molar-refractivity contribution >= 4 is 12.8 Å². The lowest BCUT2D eigenvalue weighted by atomic mass is 10.1. The van der Waals surface area contributed by atoms with Crippen LogP contribution in [-0.4, -0.2) is 48.2 Å². The number of rotatable bonds is 8. The Labute approximate surface area is 83.6 Å². The Morgan fingerprint density at radius 2 is 1.86 bits per heavy atom. The first-order valence-electron chi connectivity index (χ1n) is 4.46. The summed E-state index contributed by atoms with van der Waals surface area (Å²) in [5, 5.41) is 9.32. The van der Waals surface area contributed by atoms with E-state index in [1.807, 2.05) is 0 Å². The van der Waals surface area contributed by atoms with Crippen molar-refractivity contribution in [3.63, 3.8) is 0 Å². The molecule has 0 aromatic heterocycles. The van der Waals surface area contributed by atoms with E-state index in [0.29, 0.717) is 32.5 Å². The van der Waals surface area contributed by atoms with Gasteiger partial charge in [-0.2, -0.15) is 0 Å². The van der Waals surface area contributed by atoms with Crippen molar-refractivity contribution in [2.75, 3.05) is 19.8 Å². The number of imide groups is 1. The van der Waals surface area contributed by atoms with Crippen LogP contribution in [0.1, 0.15) is 20.3 Å². The maximum Gasteiger partial charge on any atom is 0.216 e. The molecule has 0 aromatic carbocycles. The fourth-order valence-electron chi connectivity index (χ4n) is 0.724. The molecule has 5 nitrogen and oxygen atoms in total. The summed E-state index contributed by atoms with van der Waals surface area (Å²) in [5.41, 5.74) is -0.741. The molecule has 0 radical (unpaired) electrons. The molecule has 14 heavy (non-hydrogen) atoms. The van der Waals surface area contributed by atoms with Gasteiger partial charge in [0.25, 0.3) is 0 Å². The van der Waals surface area contributed by atoms with Gasteiger partial charge in [-0.1, -0.05) is 0 Å². The van der Waals surface area contributed by atoms with Gasteiger partial charge < -0.3 is 9.84 Å². The van der Waals surface area contributed by atoms with Crippen molar-refractivity contribution in [3.8, 4) is 0 Å². The van der Waals surface area contributed by atoms with Gasteiger partial charge in [0.1, 0.15) is 0 Å². The second kappa shape index (κ2) is 6.50. The molecule has 0 rings (SSSR count). The highest BCUT2D eigenvalue weighted by Gasteiger charge is 2.11. The van der Waals surface area contributed by atoms with Gasteiger partial charge in [-0.15, -0.1) is 0 Å². The maximum atomic E-state index is 10.2. The summed E-state index contributed by atoms with van der Waals surface area (Å²) in [6.07, 6.45) is 1.42. The second-order valence-electron chi connectivity index (χ2n) is 3.62. The Bertz CT molecular complexity index is 168. The van der Waals surface area contributed by atoms with Gasteiger partial charge in [-0.05, 0) is 20.3 Å². The van der Waals surface area contributed by atoms with E-state index in [4.69, 9.17) is 4.74 Å². The van der Waals surface area contributed by atoms with Gasteiger partial charge in [0.15, 0.2) is 0 Å². The van der Waals surface area contributed by atoms with E-state index >= 15 is 0 Å². The summed E-state index contributed by atoms with van der Waals surface area (Å²) in [6, 6.07) is 0. The Balaban J connectivity index is 3.38. The van der Waals surface area contributed by atoms with E-state index in [2.05, 4.69) is 0 Å². The summed E-state index contributed by atoms with van der Waals surface area (Å²) in [6.45, 7) is 4.35. The van der Waals surface area contributed by atoms with Crippen molar-refractivity contribution in [2.24, 2.45) is 0 Å². The number of aliphatic hydroxyl groups is 1. The molecule has 0 unspecified atom stereocenters. The van der Waals surface area contributed by atoms with E-state index in [1.165, 1.54) is 0 Å². The lowest BCUT2D eigenvalue weighted by Gasteiger charge is -2.17. The fraction of sp³-hybridized carbons (Fsp3) is 0.778. The molecule has 0 saturated heterocycles. The van der Waals surface area contributed by atoms with Crippen LogP contribution in [0.4, 0.5) is 0 Å². The molecule has 5 heteroatoms. The number of carbonyl (C=O) groups excluding carboxylic acids is 2. The van der Waals surface area contributed by atoms with E-state index < -0.39 is 5.60 Å². The first-order chi connectivity index (χ1) is 6.49. The maximum absolute atomic E-state index is 10.2. The highest BCUT2D eigenvalue weighted by Crippen LogP contribution is 2.06. The molecule has 0 aliphatic rings. The molecule has 1 N–H and O–H groups in total. The van der Waals surface area contributed by atoms with Gasteiger partial charge in [0.05, 0.1) is 18.8 Å². The Kier molecular flexibility index (Phi) is 6.07. The van der Waals surface area contributed by atoms with E-state index in [9.17, 15) is 14.7 Å². The third-order valence-corrected chi connectivity index (χ3v) is 1.62. The van der Waals surface area contributed by atoms with Crippen molar-refractivity contribution < 1.29 is 19.4 Å². The second-order valence-corrected chi connectivity index (χ2v) is 3.62. The number of nitrogens with zero attached hydrogens (tertiary/aromatic N) is 1. The van der Waals surface area contributed by atoms with Crippen LogP contribution in [0, 0.1) is 0 Å². The standard InChI is InChI=1S/C9H17NO4/c1-9(2,13)3-5-14-6-4-10(7-11)8-12/h7-8,13H,3-6H2,1-2H3. The highest BCUT2D eigenvalue weighted by atomic mass is 16.5. The molecule has 0 fully saturated rings. The smallest absolute Gasteiger partial charge is 0.216 e. The number of amides is 2. The molecule has 0 saturated carbocycles. The summed E-state index contributed by atoms with van der Waals surface area (Å²) in [4.78, 5) is 21.3. The summed E-state index contributed by atoms with van der Waals surface area (Å²) < 4.78 is 5.12. The van der Waals surface area contributed by atoms with E-state index in [-0.39, 0.29) is 6.54 Å². The highest BCUT2D eigenvalue weighted by molar-refractivity contribution is 5.68. The SMILES string of the molecule is CC(C)(O)CCOCCN(C=O)C=O. The van der Waals surface area contributed by atoms with Gasteiger partial charge in [-0.25, -0.2) is 0 Å². The molecule has 0 aliphatic carbocycles. The Hall–Kier alpha value is -0.940. The van der Waals surface area contributed by atoms with Crippen LogP contribution in [0.25, 0.3) is 0 Å². The minimum Gasteiger partial charge on any atom is -0.390 e. The molecular weight excluding hydrogens is 186 g/mol. The lowest BCUT2D eigenvalue weighted by Crippen LogP contribution is -2.26. The molecule has 0 bridgehead atoms. The van der Waals surface area contributed by atoms with E-state index in [1.54, 1.807) is 13.8 Å². The predicted octanol–water partition coefficient (Wildman–Crippen LogP) is -0.221. The Morgan fingerprint density at radius 1 is 1.29 bits per heavy atom. The lowest BCUT2D eigenvalue weighted by molar-refractivity contribution is -0.130. The van der Waals surface area contributed by atoms with Crippen molar-refractivity contribution in [3.05, 3.63) is 0 Å². The summed E-state index contributed by atoms with van der Waals surface area (Å²) >= 11 is 0. The normalized spacial score (nSPS) is 11.1. The Morgan fingerprint density at radius 3 is 2.29 bits per heavy atom. The average molecular weight is 203 g/mol. The van der Waals surface area contributed by atoms with Gasteiger partial charge in [-0.3, -0.25) is 14.5 Å². The van der Waals surface area contributed by atoms with Gasteiger partial charge in [0, 0.05) is 6.61 Å². The molecule has 0 atom stereocenters. The molecule has 82 valence electrons. The van der Waals surface area contributed by atoms with Crippen LogP contribution in [-0.2, 0) is 14.3 Å². The third-order valence-electron chi connectivity index (χ3n) is 1.62. The van der Waals surface area contributed by atoms with Crippen LogP contribution >= 0.6 is 0 Å². The zero-order valence-corrected chi connectivity index (χ0v) is 8.60. The van der Waals surface area contributed by atoms with Crippen molar-refractivity contribution in [2.45, 2.75) is 25.9 Å². The molecule has 0 heterocycles. The number of hydrogen-bond donors (Lipinski definition) is 1. The zero-order valence-electron chi connectivity index (χ0n) is 8.60. The van der Waals surface area contributed by atoms with Crippen molar-refractivity contribution in [1.29, 1.82) is 0 Å².